The van der Waals surface area contributed by atoms with Gasteiger partial charge in [-0.05, 0) is 41.0 Å². The highest BCUT2D eigenvalue weighted by atomic mass is 35.5. The molecule has 2 aromatic carbocycles. The molecule has 0 atom stereocenters. The zero-order valence-electron chi connectivity index (χ0n) is 14.6. The van der Waals surface area contributed by atoms with Gasteiger partial charge in [0.25, 0.3) is 0 Å². The van der Waals surface area contributed by atoms with E-state index in [1.807, 2.05) is 36.7 Å². The zero-order chi connectivity index (χ0) is 20.1. The average Bonchev–Trinajstić information content (AvgIpc) is 3.12. The highest BCUT2D eigenvalue weighted by Crippen LogP contribution is 2.23. The molecule has 3 rings (SSSR count). The Labute approximate surface area is 164 Å². The molecule has 0 bridgehead atoms. The van der Waals surface area contributed by atoms with Crippen molar-refractivity contribution in [2.24, 2.45) is 4.99 Å². The van der Waals surface area contributed by atoms with Gasteiger partial charge in [0.05, 0.1) is 17.1 Å². The van der Waals surface area contributed by atoms with Gasteiger partial charge in [-0.3, -0.25) is 15.5 Å². The second-order valence-electron chi connectivity index (χ2n) is 5.84. The van der Waals surface area contributed by atoms with Gasteiger partial charge in [-0.2, -0.15) is 0 Å². The van der Waals surface area contributed by atoms with Crippen molar-refractivity contribution in [2.45, 2.75) is 13.3 Å². The van der Waals surface area contributed by atoms with Gasteiger partial charge < -0.3 is 5.32 Å². The van der Waals surface area contributed by atoms with E-state index in [9.17, 15) is 14.4 Å². The van der Waals surface area contributed by atoms with Gasteiger partial charge in [-0.15, -0.1) is 0 Å². The van der Waals surface area contributed by atoms with E-state index < -0.39 is 5.82 Å². The number of anilines is 1. The first-order valence-electron chi connectivity index (χ1n) is 8.08. The highest BCUT2D eigenvalue weighted by molar-refractivity contribution is 6.31. The third-order valence-corrected chi connectivity index (χ3v) is 4.00. The van der Waals surface area contributed by atoms with Gasteiger partial charge >= 0.3 is 0 Å². The van der Waals surface area contributed by atoms with E-state index in [4.69, 9.17) is 11.6 Å². The van der Waals surface area contributed by atoms with Crippen molar-refractivity contribution < 1.29 is 19.0 Å². The molecule has 0 fully saturated rings. The summed E-state index contributed by atoms with van der Waals surface area (Å²) >= 11 is 5.72. The smallest absolute Gasteiger partial charge is 0.230 e. The number of aliphatic imine (C=N–C) groups is 1. The van der Waals surface area contributed by atoms with Gasteiger partial charge in [-0.25, -0.2) is 14.0 Å². The van der Waals surface area contributed by atoms with Crippen molar-refractivity contribution in [3.63, 3.8) is 0 Å². The minimum absolute atomic E-state index is 0.0365. The Morgan fingerprint density at radius 3 is 2.68 bits per heavy atom. The molecule has 1 amide bonds. The van der Waals surface area contributed by atoms with Crippen LogP contribution >= 0.6 is 11.6 Å². The van der Waals surface area contributed by atoms with E-state index in [-0.39, 0.29) is 40.4 Å². The third-order valence-electron chi connectivity index (χ3n) is 3.71. The molecule has 3 N–H and O–H groups in total. The van der Waals surface area contributed by atoms with E-state index in [0.717, 1.165) is 17.2 Å². The predicted octanol–water partition coefficient (Wildman–Crippen LogP) is 3.41. The quantitative estimate of drug-likeness (QED) is 0.342. The first kappa shape index (κ1) is 19.5. The summed E-state index contributed by atoms with van der Waals surface area (Å²) in [7, 11) is 0. The van der Waals surface area contributed by atoms with E-state index in [0.29, 0.717) is 0 Å². The molecule has 0 aliphatic heterocycles. The molecule has 0 saturated heterocycles. The maximum absolute atomic E-state index is 13.3. The summed E-state index contributed by atoms with van der Waals surface area (Å²) in [6.45, 7) is 1.95. The molecular weight excluding hydrogens is 389 g/mol. The Morgan fingerprint density at radius 1 is 1.25 bits per heavy atom. The molecule has 0 unspecified atom stereocenters. The van der Waals surface area contributed by atoms with Crippen molar-refractivity contribution in [3.05, 3.63) is 70.1 Å². The predicted molar refractivity (Wildman–Crippen MR) is 100 cm³/mol. The minimum atomic E-state index is -0.605. The first-order chi connectivity index (χ1) is 13.5. The van der Waals surface area contributed by atoms with Crippen LogP contribution in [0.4, 0.5) is 15.9 Å². The normalized spacial score (nSPS) is 11.4. The molecule has 0 aliphatic rings. The summed E-state index contributed by atoms with van der Waals surface area (Å²) in [5, 5.41) is 19.1. The summed E-state index contributed by atoms with van der Waals surface area (Å²) in [6.07, 6.45) is 0.110. The zero-order valence-corrected chi connectivity index (χ0v) is 15.4. The Bertz CT molecular complexity index is 1020. The van der Waals surface area contributed by atoms with E-state index in [1.165, 1.54) is 12.1 Å². The fourth-order valence-corrected chi connectivity index (χ4v) is 2.48. The molecule has 0 aliphatic carbocycles. The number of amides is 1. The molecule has 3 aromatic rings. The number of halogens is 2. The van der Waals surface area contributed by atoms with Crippen LogP contribution in [0.3, 0.4) is 0 Å². The molecule has 0 radical (unpaired) electrons. The molecule has 144 valence electrons. The number of hydroxylamine groups is 1. The van der Waals surface area contributed by atoms with Crippen LogP contribution in [-0.2, 0) is 11.2 Å². The maximum atomic E-state index is 13.3. The monoisotopic (exact) mass is 403 g/mol. The number of nitrogens with zero attached hydrogens (tertiary/aromatic N) is 3. The van der Waals surface area contributed by atoms with Crippen LogP contribution in [0.1, 0.15) is 16.8 Å². The van der Waals surface area contributed by atoms with Gasteiger partial charge in [-0.1, -0.05) is 41.4 Å². The lowest BCUT2D eigenvalue weighted by atomic mass is 10.1. The first-order valence-corrected chi connectivity index (χ1v) is 8.46. The van der Waals surface area contributed by atoms with E-state index >= 15 is 0 Å². The fourth-order valence-electron chi connectivity index (χ4n) is 2.31. The lowest BCUT2D eigenvalue weighted by Crippen LogP contribution is -2.23. The van der Waals surface area contributed by atoms with Crippen molar-refractivity contribution in [1.29, 1.82) is 0 Å². The van der Waals surface area contributed by atoms with Gasteiger partial charge in [0, 0.05) is 0 Å². The number of amidine groups is 1. The number of aromatic nitrogens is 2. The van der Waals surface area contributed by atoms with Crippen molar-refractivity contribution >= 4 is 34.8 Å². The van der Waals surface area contributed by atoms with Gasteiger partial charge in [0.15, 0.2) is 11.5 Å². The van der Waals surface area contributed by atoms with Gasteiger partial charge in [0.1, 0.15) is 5.82 Å². The van der Waals surface area contributed by atoms with Crippen LogP contribution in [0, 0.1) is 12.7 Å². The van der Waals surface area contributed by atoms with Gasteiger partial charge in [0.2, 0.25) is 11.7 Å². The van der Waals surface area contributed by atoms with Crippen LogP contribution in [0.15, 0.2) is 52.1 Å². The summed E-state index contributed by atoms with van der Waals surface area (Å²) in [4.78, 5) is 16.3. The molecule has 10 heteroatoms. The molecule has 0 spiro atoms. The van der Waals surface area contributed by atoms with E-state index in [1.54, 1.807) is 0 Å². The summed E-state index contributed by atoms with van der Waals surface area (Å²) in [5.74, 6) is -1.17. The number of aryl methyl sites for hydroxylation is 1. The number of benzene rings is 2. The number of carbonyl (C=O) groups excluding carboxylic acids is 1. The molecule has 0 saturated carbocycles. The molecular formula is C18H15ClFN5O3. The number of hydrogen-bond donors (Lipinski definition) is 3. The summed E-state index contributed by atoms with van der Waals surface area (Å²) in [5.41, 5.74) is 3.96. The Balaban J connectivity index is 1.79. The van der Waals surface area contributed by atoms with Crippen molar-refractivity contribution in [1.82, 2.24) is 15.8 Å². The molecule has 1 aromatic heterocycles. The average molecular weight is 404 g/mol. The minimum Gasteiger partial charge on any atom is -0.306 e. The second-order valence-corrected chi connectivity index (χ2v) is 6.25. The highest BCUT2D eigenvalue weighted by Gasteiger charge is 2.19. The molecule has 28 heavy (non-hydrogen) atoms. The van der Waals surface area contributed by atoms with Crippen LogP contribution in [-0.4, -0.2) is 27.3 Å². The number of nitrogens with one attached hydrogen (secondary N) is 2. The molecule has 8 nitrogen and oxygen atoms in total. The van der Waals surface area contributed by atoms with Crippen LogP contribution < -0.4 is 10.8 Å². The summed E-state index contributed by atoms with van der Waals surface area (Å²) in [6, 6.07) is 11.2. The lowest BCUT2D eigenvalue weighted by Gasteiger charge is -2.06. The SMILES string of the molecule is Cc1ccc(CC(=O)Nc2nonc2C(=Nc2ccc(F)c(Cl)c2)NO)cc1. The Kier molecular flexibility index (Phi) is 5.97. The largest absolute Gasteiger partial charge is 0.306 e. The van der Waals surface area contributed by atoms with Crippen LogP contribution in [0.2, 0.25) is 5.02 Å². The van der Waals surface area contributed by atoms with Crippen molar-refractivity contribution in [2.75, 3.05) is 5.32 Å². The van der Waals surface area contributed by atoms with Crippen LogP contribution in [0.25, 0.3) is 0 Å². The number of carbonyl (C=O) groups is 1. The van der Waals surface area contributed by atoms with Crippen LogP contribution in [0.5, 0.6) is 0 Å². The number of rotatable bonds is 5. The summed E-state index contributed by atoms with van der Waals surface area (Å²) < 4.78 is 17.9. The van der Waals surface area contributed by atoms with E-state index in [2.05, 4.69) is 25.3 Å². The Morgan fingerprint density at radius 2 is 2.00 bits per heavy atom. The molecule has 1 heterocycles. The third kappa shape index (κ3) is 4.70. The standard InChI is InChI=1S/C18H15ClFN5O3/c1-10-2-4-11(5-3-10)8-15(26)22-18-16(24-28-25-18)17(23-27)21-12-6-7-14(20)13(19)9-12/h2-7,9,27H,8H2,1H3,(H,21,23)(H,22,25,26). The maximum Gasteiger partial charge on any atom is 0.230 e. The topological polar surface area (TPSA) is 113 Å². The fraction of sp³-hybridized carbons (Fsp3) is 0.111. The Hall–Kier alpha value is -3.30. The lowest BCUT2D eigenvalue weighted by molar-refractivity contribution is -0.115. The second kappa shape index (κ2) is 8.59. The number of hydrogen-bond acceptors (Lipinski definition) is 6. The van der Waals surface area contributed by atoms with Crippen molar-refractivity contribution in [3.8, 4) is 0 Å².